The Hall–Kier alpha value is -3.01. The number of carbonyl (C=O) groups excluding carboxylic acids is 1. The fourth-order valence-electron chi connectivity index (χ4n) is 4.29. The molecule has 0 spiro atoms. The number of nitrogens with zero attached hydrogens (tertiary/aromatic N) is 5. The standard InChI is InChI=1S/C25H31N5O3S/c1-4-28(5-2)34(32,33)29-17-15-27(16-18-29)25(31)23-19-30(21-12-7-6-8-13-21)26-24(23)22-14-10-9-11-20(22)3/h6-14,19H,4-5,15-18H2,1-3H3. The average molecular weight is 482 g/mol. The minimum atomic E-state index is -3.51. The molecule has 2 heterocycles. The van der Waals surface area contributed by atoms with Gasteiger partial charge in [-0.05, 0) is 24.6 Å². The summed E-state index contributed by atoms with van der Waals surface area (Å²) in [6.07, 6.45) is 1.78. The molecule has 8 nitrogen and oxygen atoms in total. The maximum Gasteiger partial charge on any atom is 0.282 e. The van der Waals surface area contributed by atoms with Crippen molar-refractivity contribution in [1.29, 1.82) is 0 Å². The zero-order chi connectivity index (χ0) is 24.3. The maximum atomic E-state index is 13.6. The van der Waals surface area contributed by atoms with Crippen LogP contribution >= 0.6 is 0 Å². The smallest absolute Gasteiger partial charge is 0.282 e. The summed E-state index contributed by atoms with van der Waals surface area (Å²) in [5, 5.41) is 4.78. The van der Waals surface area contributed by atoms with Crippen molar-refractivity contribution in [3.8, 4) is 16.9 Å². The summed E-state index contributed by atoms with van der Waals surface area (Å²) in [5.41, 5.74) is 3.95. The third-order valence-corrected chi connectivity index (χ3v) is 8.44. The Labute approximate surface area is 201 Å². The third-order valence-electron chi connectivity index (χ3n) is 6.25. The van der Waals surface area contributed by atoms with Crippen LogP contribution in [0.1, 0.15) is 29.8 Å². The second-order valence-corrected chi connectivity index (χ2v) is 10.2. The molecule has 0 unspecified atom stereocenters. The summed E-state index contributed by atoms with van der Waals surface area (Å²) >= 11 is 0. The number of hydrogen-bond donors (Lipinski definition) is 0. The number of amides is 1. The molecular formula is C25H31N5O3S. The van der Waals surface area contributed by atoms with Crippen LogP contribution in [-0.2, 0) is 10.2 Å². The Kier molecular flexibility index (Phi) is 7.16. The summed E-state index contributed by atoms with van der Waals surface area (Å²) in [4.78, 5) is 15.4. The van der Waals surface area contributed by atoms with E-state index in [9.17, 15) is 13.2 Å². The Bertz CT molecular complexity index is 1240. The Balaban J connectivity index is 1.62. The first-order valence-electron chi connectivity index (χ1n) is 11.6. The molecule has 0 aliphatic carbocycles. The van der Waals surface area contributed by atoms with Gasteiger partial charge in [-0.2, -0.15) is 22.1 Å². The maximum absolute atomic E-state index is 13.6. The van der Waals surface area contributed by atoms with Crippen LogP contribution in [0.3, 0.4) is 0 Å². The fraction of sp³-hybridized carbons (Fsp3) is 0.360. The monoisotopic (exact) mass is 481 g/mol. The first-order chi connectivity index (χ1) is 16.4. The van der Waals surface area contributed by atoms with Crippen LogP contribution in [0.25, 0.3) is 16.9 Å². The van der Waals surface area contributed by atoms with E-state index >= 15 is 0 Å². The van der Waals surface area contributed by atoms with Crippen molar-refractivity contribution in [2.45, 2.75) is 20.8 Å². The average Bonchev–Trinajstić information content (AvgIpc) is 3.30. The van der Waals surface area contributed by atoms with Crippen LogP contribution in [0.5, 0.6) is 0 Å². The molecule has 4 rings (SSSR count). The van der Waals surface area contributed by atoms with Crippen molar-refractivity contribution < 1.29 is 13.2 Å². The van der Waals surface area contributed by atoms with Gasteiger partial charge in [0.2, 0.25) is 0 Å². The first-order valence-corrected chi connectivity index (χ1v) is 13.0. The summed E-state index contributed by atoms with van der Waals surface area (Å²) in [7, 11) is -3.51. The van der Waals surface area contributed by atoms with Crippen LogP contribution in [-0.4, -0.2) is 76.9 Å². The molecule has 0 saturated carbocycles. The van der Waals surface area contributed by atoms with Gasteiger partial charge in [0.15, 0.2) is 0 Å². The lowest BCUT2D eigenvalue weighted by molar-refractivity contribution is 0.0695. The molecule has 0 N–H and O–H groups in total. The number of piperazine rings is 1. The predicted molar refractivity (Wildman–Crippen MR) is 133 cm³/mol. The zero-order valence-corrected chi connectivity index (χ0v) is 20.7. The Morgan fingerprint density at radius 3 is 2.18 bits per heavy atom. The van der Waals surface area contributed by atoms with Crippen LogP contribution < -0.4 is 0 Å². The largest absolute Gasteiger partial charge is 0.336 e. The molecule has 1 aliphatic heterocycles. The summed E-state index contributed by atoms with van der Waals surface area (Å²) in [6.45, 7) is 7.74. The van der Waals surface area contributed by atoms with E-state index in [2.05, 4.69) is 0 Å². The van der Waals surface area contributed by atoms with Gasteiger partial charge in [0.1, 0.15) is 5.69 Å². The van der Waals surface area contributed by atoms with E-state index < -0.39 is 10.2 Å². The number of benzene rings is 2. The van der Waals surface area contributed by atoms with Gasteiger partial charge in [0.25, 0.3) is 16.1 Å². The van der Waals surface area contributed by atoms with E-state index in [4.69, 9.17) is 5.10 Å². The molecule has 0 radical (unpaired) electrons. The predicted octanol–water partition coefficient (Wildman–Crippen LogP) is 3.19. The molecule has 34 heavy (non-hydrogen) atoms. The van der Waals surface area contributed by atoms with Gasteiger partial charge in [-0.1, -0.05) is 56.3 Å². The van der Waals surface area contributed by atoms with Crippen LogP contribution in [0, 0.1) is 6.92 Å². The van der Waals surface area contributed by atoms with Gasteiger partial charge in [-0.25, -0.2) is 4.68 Å². The highest BCUT2D eigenvalue weighted by Crippen LogP contribution is 2.28. The van der Waals surface area contributed by atoms with E-state index in [1.165, 1.54) is 8.61 Å². The van der Waals surface area contributed by atoms with Crippen molar-refractivity contribution in [2.24, 2.45) is 0 Å². The van der Waals surface area contributed by atoms with Gasteiger partial charge in [0.05, 0.1) is 11.3 Å². The summed E-state index contributed by atoms with van der Waals surface area (Å²) in [5.74, 6) is -0.139. The number of hydrogen-bond acceptors (Lipinski definition) is 4. The van der Waals surface area contributed by atoms with E-state index in [-0.39, 0.29) is 19.0 Å². The molecule has 1 fully saturated rings. The lowest BCUT2D eigenvalue weighted by atomic mass is 10.0. The number of para-hydroxylation sites is 1. The molecule has 9 heteroatoms. The number of aromatic nitrogens is 2. The minimum absolute atomic E-state index is 0.139. The summed E-state index contributed by atoms with van der Waals surface area (Å²) < 4.78 is 30.4. The molecule has 0 bridgehead atoms. The highest BCUT2D eigenvalue weighted by molar-refractivity contribution is 7.86. The molecule has 0 atom stereocenters. The third kappa shape index (κ3) is 4.64. The molecule has 1 aromatic heterocycles. The topological polar surface area (TPSA) is 78.8 Å². The van der Waals surface area contributed by atoms with Crippen LogP contribution in [0.4, 0.5) is 0 Å². The number of rotatable bonds is 7. The van der Waals surface area contributed by atoms with Crippen molar-refractivity contribution in [3.63, 3.8) is 0 Å². The normalized spacial score (nSPS) is 15.1. The quantitative estimate of drug-likeness (QED) is 0.519. The lowest BCUT2D eigenvalue weighted by Gasteiger charge is -2.36. The van der Waals surface area contributed by atoms with Crippen LogP contribution in [0.15, 0.2) is 60.8 Å². The molecular weight excluding hydrogens is 450 g/mol. The molecule has 3 aromatic rings. The minimum Gasteiger partial charge on any atom is -0.336 e. The highest BCUT2D eigenvalue weighted by Gasteiger charge is 2.33. The summed E-state index contributed by atoms with van der Waals surface area (Å²) in [6, 6.07) is 17.6. The molecule has 1 saturated heterocycles. The van der Waals surface area contributed by atoms with Gasteiger partial charge in [-0.15, -0.1) is 0 Å². The zero-order valence-electron chi connectivity index (χ0n) is 19.9. The molecule has 1 amide bonds. The first kappa shape index (κ1) is 24.1. The Morgan fingerprint density at radius 1 is 0.941 bits per heavy atom. The number of aryl methyl sites for hydroxylation is 1. The van der Waals surface area contributed by atoms with Crippen molar-refractivity contribution in [2.75, 3.05) is 39.3 Å². The molecule has 180 valence electrons. The van der Waals surface area contributed by atoms with Crippen molar-refractivity contribution >= 4 is 16.1 Å². The van der Waals surface area contributed by atoms with Crippen molar-refractivity contribution in [3.05, 3.63) is 71.9 Å². The van der Waals surface area contributed by atoms with Gasteiger partial charge in [0, 0.05) is 51.0 Å². The van der Waals surface area contributed by atoms with E-state index in [1.807, 2.05) is 75.4 Å². The second kappa shape index (κ2) is 10.1. The SMILES string of the molecule is CCN(CC)S(=O)(=O)N1CCN(C(=O)c2cn(-c3ccccc3)nc2-c2ccccc2C)CC1. The molecule has 1 aliphatic rings. The second-order valence-electron chi connectivity index (χ2n) is 8.27. The van der Waals surface area contributed by atoms with Gasteiger partial charge >= 0.3 is 0 Å². The lowest BCUT2D eigenvalue weighted by Crippen LogP contribution is -2.54. The van der Waals surface area contributed by atoms with Crippen LogP contribution in [0.2, 0.25) is 0 Å². The van der Waals surface area contributed by atoms with Crippen molar-refractivity contribution in [1.82, 2.24) is 23.3 Å². The molecule has 2 aromatic carbocycles. The fourth-order valence-corrected chi connectivity index (χ4v) is 5.89. The van der Waals surface area contributed by atoms with Gasteiger partial charge < -0.3 is 4.90 Å². The van der Waals surface area contributed by atoms with E-state index in [0.29, 0.717) is 37.4 Å². The van der Waals surface area contributed by atoms with E-state index in [1.54, 1.807) is 15.8 Å². The Morgan fingerprint density at radius 2 is 1.56 bits per heavy atom. The number of carbonyl (C=O) groups is 1. The van der Waals surface area contributed by atoms with Gasteiger partial charge in [-0.3, -0.25) is 4.79 Å². The highest BCUT2D eigenvalue weighted by atomic mass is 32.2. The van der Waals surface area contributed by atoms with E-state index in [0.717, 1.165) is 16.8 Å².